The molecule has 33 heavy (non-hydrogen) atoms. The summed E-state index contributed by atoms with van der Waals surface area (Å²) < 4.78 is 31.4. The molecule has 4 heteroatoms. The number of benzene rings is 1. The van der Waals surface area contributed by atoms with Gasteiger partial charge in [-0.05, 0) is 71.1 Å². The van der Waals surface area contributed by atoms with Crippen LogP contribution < -0.4 is 0 Å². The van der Waals surface area contributed by atoms with E-state index in [2.05, 4.69) is 6.92 Å². The Kier molecular flexibility index (Phi) is 17.6. The van der Waals surface area contributed by atoms with Gasteiger partial charge in [0.05, 0.1) is 18.3 Å². The van der Waals surface area contributed by atoms with Crippen molar-refractivity contribution in [2.24, 2.45) is 0 Å². The van der Waals surface area contributed by atoms with Gasteiger partial charge in [0.1, 0.15) is 5.82 Å². The number of ether oxygens (including phenoxy) is 3. The number of halogens is 1. The molecule has 0 aliphatic rings. The second kappa shape index (κ2) is 19.3. The summed E-state index contributed by atoms with van der Waals surface area (Å²) in [6.45, 7) is 9.74. The molecule has 0 N–H and O–H groups in total. The van der Waals surface area contributed by atoms with Crippen LogP contribution in [0.3, 0.4) is 0 Å². The molecule has 1 unspecified atom stereocenters. The lowest BCUT2D eigenvalue weighted by atomic mass is 10.0. The minimum atomic E-state index is -0.590. The second-order valence-corrected chi connectivity index (χ2v) is 9.91. The third kappa shape index (κ3) is 17.2. The van der Waals surface area contributed by atoms with E-state index in [4.69, 9.17) is 14.2 Å². The summed E-state index contributed by atoms with van der Waals surface area (Å²) in [5.41, 5.74) is 1.09. The van der Waals surface area contributed by atoms with Gasteiger partial charge in [0.25, 0.3) is 6.48 Å². The first-order valence-electron chi connectivity index (χ1n) is 13.6. The molecular formula is C29H51FO3. The number of hydrogen-bond donors (Lipinski definition) is 0. The quantitative estimate of drug-likeness (QED) is 0.134. The molecule has 0 saturated carbocycles. The van der Waals surface area contributed by atoms with E-state index in [9.17, 15) is 4.39 Å². The Balaban J connectivity index is 2.40. The average molecular weight is 467 g/mol. The Morgan fingerprint density at radius 1 is 0.697 bits per heavy atom. The van der Waals surface area contributed by atoms with Gasteiger partial charge in [-0.1, -0.05) is 83.3 Å². The van der Waals surface area contributed by atoms with Crippen LogP contribution in [0.2, 0.25) is 0 Å². The van der Waals surface area contributed by atoms with E-state index < -0.39 is 6.48 Å². The Morgan fingerprint density at radius 2 is 1.24 bits per heavy atom. The molecule has 0 heterocycles. The van der Waals surface area contributed by atoms with Crippen molar-refractivity contribution in [3.63, 3.8) is 0 Å². The third-order valence-electron chi connectivity index (χ3n) is 5.83. The Morgan fingerprint density at radius 3 is 1.79 bits per heavy atom. The molecule has 0 aromatic heterocycles. The van der Waals surface area contributed by atoms with Gasteiger partial charge in [0.2, 0.25) is 0 Å². The number of unbranched alkanes of at least 4 members (excludes halogenated alkanes) is 9. The van der Waals surface area contributed by atoms with Gasteiger partial charge in [-0.3, -0.25) is 0 Å². The van der Waals surface area contributed by atoms with Crippen LogP contribution in [0.25, 0.3) is 0 Å². The first-order valence-corrected chi connectivity index (χ1v) is 13.6. The fraction of sp³-hybridized carbons (Fsp3) is 0.793. The van der Waals surface area contributed by atoms with E-state index in [1.807, 2.05) is 33.8 Å². The maximum Gasteiger partial charge on any atom is 0.272 e. The van der Waals surface area contributed by atoms with Crippen molar-refractivity contribution in [1.82, 2.24) is 0 Å². The van der Waals surface area contributed by atoms with Gasteiger partial charge in [-0.25, -0.2) is 4.39 Å². The molecule has 0 aliphatic carbocycles. The molecule has 0 amide bonds. The van der Waals surface area contributed by atoms with Crippen molar-refractivity contribution in [1.29, 1.82) is 0 Å². The molecule has 1 rings (SSSR count). The predicted octanol–water partition coefficient (Wildman–Crippen LogP) is 8.98. The van der Waals surface area contributed by atoms with Gasteiger partial charge in [0, 0.05) is 0 Å². The van der Waals surface area contributed by atoms with E-state index in [0.717, 1.165) is 44.1 Å². The largest absolute Gasteiger partial charge is 0.327 e. The van der Waals surface area contributed by atoms with Crippen LogP contribution in [0, 0.1) is 5.82 Å². The molecule has 0 saturated heterocycles. The van der Waals surface area contributed by atoms with Crippen molar-refractivity contribution in [2.45, 2.75) is 149 Å². The fourth-order valence-corrected chi connectivity index (χ4v) is 4.05. The van der Waals surface area contributed by atoms with Crippen molar-refractivity contribution in [3.8, 4) is 0 Å². The molecule has 0 fully saturated rings. The highest BCUT2D eigenvalue weighted by Gasteiger charge is 2.20. The zero-order valence-electron chi connectivity index (χ0n) is 22.1. The first-order chi connectivity index (χ1) is 15.9. The highest BCUT2D eigenvalue weighted by Crippen LogP contribution is 2.20. The highest BCUT2D eigenvalue weighted by atomic mass is 19.1. The molecule has 1 atom stereocenters. The van der Waals surface area contributed by atoms with Crippen LogP contribution in [0.5, 0.6) is 0 Å². The summed E-state index contributed by atoms with van der Waals surface area (Å²) >= 11 is 0. The second-order valence-electron chi connectivity index (χ2n) is 9.91. The standard InChI is InChI=1S/C29H51FO3/c1-6-7-8-9-10-11-15-21-28(33-29(31-24(2)3)32-25(4)5)22-16-13-12-14-18-26-19-17-20-27(30)23-26/h17,19-20,23-25,28-29H,6-16,18,21-22H2,1-5H3. The third-order valence-corrected chi connectivity index (χ3v) is 5.83. The van der Waals surface area contributed by atoms with Gasteiger partial charge in [0.15, 0.2) is 0 Å². The first kappa shape index (κ1) is 30.1. The van der Waals surface area contributed by atoms with Crippen molar-refractivity contribution in [2.75, 3.05) is 0 Å². The monoisotopic (exact) mass is 466 g/mol. The van der Waals surface area contributed by atoms with Gasteiger partial charge in [-0.2, -0.15) is 0 Å². The zero-order chi connectivity index (χ0) is 24.3. The van der Waals surface area contributed by atoms with Gasteiger partial charge in [-0.15, -0.1) is 0 Å². The van der Waals surface area contributed by atoms with Gasteiger partial charge >= 0.3 is 0 Å². The summed E-state index contributed by atoms with van der Waals surface area (Å²) in [5, 5.41) is 0. The fourth-order valence-electron chi connectivity index (χ4n) is 4.05. The molecule has 192 valence electrons. The minimum Gasteiger partial charge on any atom is -0.327 e. The van der Waals surface area contributed by atoms with Crippen LogP contribution >= 0.6 is 0 Å². The molecule has 1 aromatic rings. The molecule has 3 nitrogen and oxygen atoms in total. The van der Waals surface area contributed by atoms with E-state index in [0.29, 0.717) is 0 Å². The molecule has 0 radical (unpaired) electrons. The molecule has 0 aliphatic heterocycles. The van der Waals surface area contributed by atoms with Crippen LogP contribution in [-0.2, 0) is 20.6 Å². The van der Waals surface area contributed by atoms with Crippen molar-refractivity contribution in [3.05, 3.63) is 35.6 Å². The molecule has 0 bridgehead atoms. The van der Waals surface area contributed by atoms with Crippen LogP contribution in [-0.4, -0.2) is 24.8 Å². The lowest BCUT2D eigenvalue weighted by molar-refractivity contribution is -0.327. The number of aryl methyl sites for hydroxylation is 1. The lowest BCUT2D eigenvalue weighted by Crippen LogP contribution is -2.31. The Labute approximate surface area is 203 Å². The topological polar surface area (TPSA) is 27.7 Å². The number of rotatable bonds is 21. The minimum absolute atomic E-state index is 0.0655. The molecule has 0 spiro atoms. The van der Waals surface area contributed by atoms with E-state index in [1.54, 1.807) is 12.1 Å². The predicted molar refractivity (Wildman–Crippen MR) is 137 cm³/mol. The summed E-state index contributed by atoms with van der Waals surface area (Å²) in [6.07, 6.45) is 17.1. The summed E-state index contributed by atoms with van der Waals surface area (Å²) in [4.78, 5) is 0. The zero-order valence-corrected chi connectivity index (χ0v) is 22.1. The average Bonchev–Trinajstić information content (AvgIpc) is 2.74. The maximum atomic E-state index is 13.3. The Bertz CT molecular complexity index is 566. The SMILES string of the molecule is CCCCCCCCCC(CCCCCCc1cccc(F)c1)OC(OC(C)C)OC(C)C. The highest BCUT2D eigenvalue weighted by molar-refractivity contribution is 5.16. The summed E-state index contributed by atoms with van der Waals surface area (Å²) in [5.74, 6) is -0.139. The molecular weight excluding hydrogens is 415 g/mol. The van der Waals surface area contributed by atoms with Crippen LogP contribution in [0.1, 0.15) is 124 Å². The Hall–Kier alpha value is -0.970. The van der Waals surface area contributed by atoms with Crippen molar-refractivity contribution >= 4 is 0 Å². The summed E-state index contributed by atoms with van der Waals surface area (Å²) in [7, 11) is 0. The van der Waals surface area contributed by atoms with Crippen molar-refractivity contribution < 1.29 is 18.6 Å². The van der Waals surface area contributed by atoms with E-state index in [-0.39, 0.29) is 24.1 Å². The summed E-state index contributed by atoms with van der Waals surface area (Å²) in [6, 6.07) is 6.97. The lowest BCUT2D eigenvalue weighted by Gasteiger charge is -2.27. The van der Waals surface area contributed by atoms with Crippen LogP contribution in [0.4, 0.5) is 4.39 Å². The maximum absolute atomic E-state index is 13.3. The molecule has 1 aromatic carbocycles. The van der Waals surface area contributed by atoms with Gasteiger partial charge < -0.3 is 14.2 Å². The number of hydrogen-bond acceptors (Lipinski definition) is 3. The van der Waals surface area contributed by atoms with E-state index >= 15 is 0 Å². The van der Waals surface area contributed by atoms with Crippen LogP contribution in [0.15, 0.2) is 24.3 Å². The normalized spacial score (nSPS) is 12.9. The smallest absolute Gasteiger partial charge is 0.272 e. The van der Waals surface area contributed by atoms with E-state index in [1.165, 1.54) is 57.4 Å².